The zero-order valence-corrected chi connectivity index (χ0v) is 21.6. The van der Waals surface area contributed by atoms with E-state index in [-0.39, 0.29) is 17.2 Å². The van der Waals surface area contributed by atoms with Crippen molar-refractivity contribution in [2.75, 3.05) is 25.4 Å². The lowest BCUT2D eigenvalue weighted by molar-refractivity contribution is -0.127. The number of carbonyl (C=O) groups excluding carboxylic acids is 1. The molecule has 1 fully saturated rings. The Morgan fingerprint density at radius 1 is 1.06 bits per heavy atom. The first kappa shape index (κ1) is 23.8. The molecule has 0 atom stereocenters. The molecule has 1 amide bonds. The number of nitrogens with zero attached hydrogens (tertiary/aromatic N) is 4. The van der Waals surface area contributed by atoms with Gasteiger partial charge in [0.05, 0.1) is 18.0 Å². The van der Waals surface area contributed by atoms with Crippen LogP contribution in [0.5, 0.6) is 5.75 Å². The van der Waals surface area contributed by atoms with E-state index in [4.69, 9.17) is 21.9 Å². The van der Waals surface area contributed by atoms with Crippen LogP contribution in [0.15, 0.2) is 64.5 Å². The highest BCUT2D eigenvalue weighted by molar-refractivity contribution is 7.99. The Labute approximate surface area is 216 Å². The van der Waals surface area contributed by atoms with Crippen molar-refractivity contribution in [1.29, 1.82) is 0 Å². The number of rotatable bonds is 7. The van der Waals surface area contributed by atoms with Gasteiger partial charge < -0.3 is 9.64 Å². The summed E-state index contributed by atoms with van der Waals surface area (Å²) in [6, 6.07) is 16.9. The molecule has 1 aliphatic heterocycles. The molecule has 2 aromatic carbocycles. The minimum Gasteiger partial charge on any atom is -0.494 e. The molecular weight excluding hydrogens is 501 g/mol. The van der Waals surface area contributed by atoms with Crippen molar-refractivity contribution in [2.24, 2.45) is 0 Å². The summed E-state index contributed by atoms with van der Waals surface area (Å²) in [6.45, 7) is 4.10. The molecule has 4 aromatic rings. The number of aromatic nitrogens is 3. The Morgan fingerprint density at radius 3 is 2.43 bits per heavy atom. The van der Waals surface area contributed by atoms with Gasteiger partial charge in [-0.15, -0.1) is 0 Å². The Kier molecular flexibility index (Phi) is 7.03. The van der Waals surface area contributed by atoms with Crippen LogP contribution < -0.4 is 10.3 Å². The minimum absolute atomic E-state index is 0.0649. The molecule has 180 valence electrons. The lowest BCUT2D eigenvalue weighted by Gasteiger charge is -2.16. The van der Waals surface area contributed by atoms with Gasteiger partial charge in [0.25, 0.3) is 5.56 Å². The van der Waals surface area contributed by atoms with E-state index >= 15 is 0 Å². The summed E-state index contributed by atoms with van der Waals surface area (Å²) in [5, 5.41) is 0.466. The number of likely N-dealkylation sites (tertiary alicyclic amines) is 1. The van der Waals surface area contributed by atoms with Crippen molar-refractivity contribution >= 4 is 51.6 Å². The van der Waals surface area contributed by atoms with Crippen LogP contribution in [0.25, 0.3) is 21.7 Å². The van der Waals surface area contributed by atoms with Gasteiger partial charge in [-0.05, 0) is 68.4 Å². The number of hydrogen-bond donors (Lipinski definition) is 0. The molecule has 5 rings (SSSR count). The Morgan fingerprint density at radius 2 is 1.74 bits per heavy atom. The number of amides is 1. The average molecular weight is 525 g/mol. The van der Waals surface area contributed by atoms with E-state index in [0.717, 1.165) is 37.4 Å². The van der Waals surface area contributed by atoms with Crippen molar-refractivity contribution < 1.29 is 9.53 Å². The lowest BCUT2D eigenvalue weighted by Crippen LogP contribution is -2.29. The summed E-state index contributed by atoms with van der Waals surface area (Å²) in [4.78, 5) is 33.3. The zero-order valence-electron chi connectivity index (χ0n) is 19.2. The van der Waals surface area contributed by atoms with Gasteiger partial charge in [0.15, 0.2) is 14.8 Å². The summed E-state index contributed by atoms with van der Waals surface area (Å²) in [7, 11) is 0. The molecule has 1 aliphatic rings. The molecule has 1 saturated heterocycles. The second kappa shape index (κ2) is 10.3. The second-order valence-corrected chi connectivity index (χ2v) is 10.6. The van der Waals surface area contributed by atoms with Gasteiger partial charge in [-0.2, -0.15) is 0 Å². The molecule has 3 heterocycles. The normalized spacial score (nSPS) is 13.5. The number of carbonyl (C=O) groups is 1. The largest absolute Gasteiger partial charge is 0.494 e. The highest BCUT2D eigenvalue weighted by atomic mass is 32.2. The van der Waals surface area contributed by atoms with Crippen molar-refractivity contribution in [3.63, 3.8) is 0 Å². The first-order valence-electron chi connectivity index (χ1n) is 11.4. The number of fused-ring (bicyclic) bond motifs is 1. The smallest absolute Gasteiger partial charge is 0.278 e. The summed E-state index contributed by atoms with van der Waals surface area (Å²) in [6.07, 6.45) is 2.07. The van der Waals surface area contributed by atoms with E-state index in [1.807, 2.05) is 71.0 Å². The summed E-state index contributed by atoms with van der Waals surface area (Å²) in [5.74, 6) is 1.05. The maximum Gasteiger partial charge on any atom is 0.278 e. The summed E-state index contributed by atoms with van der Waals surface area (Å²) < 4.78 is 9.96. The highest BCUT2D eigenvalue weighted by Gasteiger charge is 2.22. The fraction of sp³-hybridized carbons (Fsp3) is 0.280. The predicted octanol–water partition coefficient (Wildman–Crippen LogP) is 5.08. The van der Waals surface area contributed by atoms with Gasteiger partial charge >= 0.3 is 0 Å². The molecule has 0 unspecified atom stereocenters. The molecule has 0 N–H and O–H groups in total. The maximum atomic E-state index is 13.7. The van der Waals surface area contributed by atoms with Crippen LogP contribution in [-0.2, 0) is 4.79 Å². The molecule has 35 heavy (non-hydrogen) atoms. The lowest BCUT2D eigenvalue weighted by atomic mass is 10.3. The van der Waals surface area contributed by atoms with Crippen molar-refractivity contribution in [1.82, 2.24) is 19.0 Å². The molecule has 0 spiro atoms. The van der Waals surface area contributed by atoms with E-state index in [2.05, 4.69) is 0 Å². The number of thioether (sulfide) groups is 1. The number of ether oxygens (including phenoxy) is 1. The average Bonchev–Trinajstić information content (AvgIpc) is 3.52. The van der Waals surface area contributed by atoms with E-state index < -0.39 is 0 Å². The van der Waals surface area contributed by atoms with Gasteiger partial charge in [0, 0.05) is 18.8 Å². The van der Waals surface area contributed by atoms with Crippen LogP contribution in [0.3, 0.4) is 0 Å². The van der Waals surface area contributed by atoms with Gasteiger partial charge in [0.2, 0.25) is 5.91 Å². The Hall–Kier alpha value is -2.95. The third-order valence-electron chi connectivity index (χ3n) is 5.78. The topological polar surface area (TPSA) is 69.4 Å². The molecule has 0 aliphatic carbocycles. The van der Waals surface area contributed by atoms with Crippen LogP contribution >= 0.6 is 35.3 Å². The zero-order chi connectivity index (χ0) is 24.4. The molecule has 0 bridgehead atoms. The number of hydrogen-bond acceptors (Lipinski definition) is 7. The van der Waals surface area contributed by atoms with E-state index in [9.17, 15) is 9.59 Å². The van der Waals surface area contributed by atoms with Crippen molar-refractivity contribution in [2.45, 2.75) is 24.9 Å². The Balaban J connectivity index is 1.62. The second-order valence-electron chi connectivity index (χ2n) is 8.03. The van der Waals surface area contributed by atoms with E-state index in [0.29, 0.717) is 31.8 Å². The number of para-hydroxylation sites is 1. The molecule has 7 nitrogen and oxygen atoms in total. The quantitative estimate of drug-likeness (QED) is 0.191. The molecule has 0 radical (unpaired) electrons. The van der Waals surface area contributed by atoms with Crippen LogP contribution in [0.4, 0.5) is 0 Å². The van der Waals surface area contributed by atoms with Gasteiger partial charge in [-0.1, -0.05) is 41.3 Å². The van der Waals surface area contributed by atoms with Crippen LogP contribution in [0, 0.1) is 3.95 Å². The molecule has 2 aromatic heterocycles. The van der Waals surface area contributed by atoms with Crippen LogP contribution in [0.1, 0.15) is 19.8 Å². The van der Waals surface area contributed by atoms with Crippen LogP contribution in [-0.4, -0.2) is 50.4 Å². The molecule has 0 saturated carbocycles. The number of thiazole rings is 1. The SMILES string of the molecule is CCOc1ccc(-n2c(=S)sc3c(=O)n(-c4ccccc4)c(SCC(=O)N4CCCC4)nc32)cc1. The van der Waals surface area contributed by atoms with Gasteiger partial charge in [-0.3, -0.25) is 18.7 Å². The molecule has 10 heteroatoms. The summed E-state index contributed by atoms with van der Waals surface area (Å²) >= 11 is 8.18. The summed E-state index contributed by atoms with van der Waals surface area (Å²) in [5.41, 5.74) is 1.81. The first-order valence-corrected chi connectivity index (χ1v) is 13.7. The highest BCUT2D eigenvalue weighted by Crippen LogP contribution is 2.28. The Bertz CT molecular complexity index is 1470. The van der Waals surface area contributed by atoms with E-state index in [1.165, 1.54) is 23.1 Å². The first-order chi connectivity index (χ1) is 17.1. The standard InChI is InChI=1S/C25H24N4O3S3/c1-2-32-19-12-10-18(11-13-19)28-22-21(35-25(28)33)23(31)29(17-8-4-3-5-9-17)24(26-22)34-16-20(30)27-14-6-7-15-27/h3-5,8-13H,2,6-7,14-16H2,1H3. The van der Waals surface area contributed by atoms with Crippen LogP contribution in [0.2, 0.25) is 0 Å². The third-order valence-corrected chi connectivity index (χ3v) is 8.06. The van der Waals surface area contributed by atoms with Crippen molar-refractivity contribution in [3.8, 4) is 17.1 Å². The minimum atomic E-state index is -0.196. The maximum absolute atomic E-state index is 13.7. The van der Waals surface area contributed by atoms with Gasteiger partial charge in [-0.25, -0.2) is 4.98 Å². The monoisotopic (exact) mass is 524 g/mol. The fourth-order valence-corrected chi connectivity index (χ4v) is 6.32. The van der Waals surface area contributed by atoms with Crippen molar-refractivity contribution in [3.05, 3.63) is 68.9 Å². The third kappa shape index (κ3) is 4.78. The molecular formula is C25H24N4O3S3. The van der Waals surface area contributed by atoms with E-state index in [1.54, 1.807) is 4.57 Å². The van der Waals surface area contributed by atoms with Gasteiger partial charge in [0.1, 0.15) is 10.4 Å². The fourth-order valence-electron chi connectivity index (χ4n) is 4.11. The predicted molar refractivity (Wildman–Crippen MR) is 143 cm³/mol. The number of benzene rings is 2.